The lowest BCUT2D eigenvalue weighted by Crippen LogP contribution is -2.49. The minimum absolute atomic E-state index is 0.0338. The summed E-state index contributed by atoms with van der Waals surface area (Å²) in [5.41, 5.74) is -0.745. The molecule has 0 saturated carbocycles. The number of ether oxygens (including phenoxy) is 1. The van der Waals surface area contributed by atoms with E-state index in [-0.39, 0.29) is 17.6 Å². The van der Waals surface area contributed by atoms with Crippen molar-refractivity contribution in [3.8, 4) is 0 Å². The van der Waals surface area contributed by atoms with Gasteiger partial charge in [-0.15, -0.1) is 0 Å². The predicted octanol–water partition coefficient (Wildman–Crippen LogP) is 7.28. The van der Waals surface area contributed by atoms with E-state index in [0.29, 0.717) is 5.56 Å². The highest BCUT2D eigenvalue weighted by Crippen LogP contribution is 2.37. The number of benzene rings is 1. The fourth-order valence-corrected chi connectivity index (χ4v) is 3.82. The molecule has 0 heterocycles. The molecule has 2 atom stereocenters. The molecule has 0 fully saturated rings. The molecule has 1 N–H and O–H groups in total. The summed E-state index contributed by atoms with van der Waals surface area (Å²) in [6.45, 7) is 17.9. The third kappa shape index (κ3) is 8.62. The van der Waals surface area contributed by atoms with Crippen LogP contribution in [0.25, 0.3) is 0 Å². The van der Waals surface area contributed by atoms with Crippen LogP contribution in [0.1, 0.15) is 65.5 Å². The first-order valence-electron chi connectivity index (χ1n) is 10.8. The first-order valence-corrected chi connectivity index (χ1v) is 13.7. The Morgan fingerprint density at radius 1 is 1.06 bits per heavy atom. The molecule has 4 nitrogen and oxygen atoms in total. The fraction of sp³-hybridized carbons (Fsp3) is 0.625. The summed E-state index contributed by atoms with van der Waals surface area (Å²) in [7, 11) is -2.13. The first kappa shape index (κ1) is 28.2. The quantitative estimate of drug-likeness (QED) is 0.334. The van der Waals surface area contributed by atoms with Crippen molar-refractivity contribution >= 4 is 14.4 Å². The number of allylic oxidation sites excluding steroid dienone is 1. The van der Waals surface area contributed by atoms with Crippen molar-refractivity contribution in [2.24, 2.45) is 0 Å². The van der Waals surface area contributed by atoms with Crippen LogP contribution in [0.4, 0.5) is 18.0 Å². The van der Waals surface area contributed by atoms with Crippen LogP contribution >= 0.6 is 0 Å². The van der Waals surface area contributed by atoms with E-state index in [1.54, 1.807) is 20.8 Å². The number of carbonyl (C=O) groups is 1. The number of amides is 1. The SMILES string of the molecule is CC=C[C@@H](c1ccc(C(F)(F)F)cc1)[C@@H](CO[Si](C)(C)C(C)(C)C)NC(=O)OC(C)(C)C. The van der Waals surface area contributed by atoms with Crippen LogP contribution in [0.15, 0.2) is 36.4 Å². The second-order valence-corrected chi connectivity index (χ2v) is 15.3. The molecule has 0 aliphatic heterocycles. The van der Waals surface area contributed by atoms with Gasteiger partial charge in [0.15, 0.2) is 8.32 Å². The normalized spacial score (nSPS) is 15.5. The fourth-order valence-electron chi connectivity index (χ4n) is 2.79. The van der Waals surface area contributed by atoms with Crippen LogP contribution in [0.3, 0.4) is 0 Å². The molecular weight excluding hydrogens is 435 g/mol. The molecule has 8 heteroatoms. The molecule has 182 valence electrons. The van der Waals surface area contributed by atoms with Crippen LogP contribution < -0.4 is 5.32 Å². The van der Waals surface area contributed by atoms with Gasteiger partial charge in [-0.1, -0.05) is 45.1 Å². The Hall–Kier alpha value is -1.80. The van der Waals surface area contributed by atoms with E-state index in [4.69, 9.17) is 9.16 Å². The van der Waals surface area contributed by atoms with Gasteiger partial charge in [0.05, 0.1) is 18.2 Å². The van der Waals surface area contributed by atoms with Crippen LogP contribution in [0.5, 0.6) is 0 Å². The monoisotopic (exact) mass is 473 g/mol. The van der Waals surface area contributed by atoms with Gasteiger partial charge in [0.1, 0.15) is 5.60 Å². The standard InChI is InChI=1S/C24H38F3NO3Si/c1-10-11-19(17-12-14-18(15-13-17)24(25,26)27)20(28-21(29)31-22(2,3)4)16-30-32(8,9)23(5,6)7/h10-15,19-20H,16H2,1-9H3,(H,28,29)/t19-,20+/m0/s1. The molecule has 0 aliphatic rings. The minimum atomic E-state index is -4.41. The molecular formula is C24H38F3NO3Si. The molecule has 1 aromatic carbocycles. The predicted molar refractivity (Wildman–Crippen MR) is 125 cm³/mol. The summed E-state index contributed by atoms with van der Waals surface area (Å²) in [4.78, 5) is 12.6. The number of rotatable bonds is 7. The van der Waals surface area contributed by atoms with Gasteiger partial charge < -0.3 is 14.5 Å². The zero-order valence-electron chi connectivity index (χ0n) is 20.7. The van der Waals surface area contributed by atoms with Crippen LogP contribution in [-0.4, -0.2) is 32.7 Å². The Balaban J connectivity index is 3.28. The van der Waals surface area contributed by atoms with E-state index >= 15 is 0 Å². The number of hydrogen-bond acceptors (Lipinski definition) is 3. The molecule has 0 saturated heterocycles. The summed E-state index contributed by atoms with van der Waals surface area (Å²) in [6, 6.07) is 4.50. The summed E-state index contributed by atoms with van der Waals surface area (Å²) in [5.74, 6) is -0.389. The van der Waals surface area contributed by atoms with Crippen LogP contribution in [0, 0.1) is 0 Å². The Bertz CT molecular complexity index is 776. The van der Waals surface area contributed by atoms with Crippen molar-refractivity contribution in [2.75, 3.05) is 6.61 Å². The van der Waals surface area contributed by atoms with Gasteiger partial charge in [0.2, 0.25) is 0 Å². The number of alkyl halides is 3. The lowest BCUT2D eigenvalue weighted by molar-refractivity contribution is -0.137. The average molecular weight is 474 g/mol. The van der Waals surface area contributed by atoms with Crippen molar-refractivity contribution in [1.82, 2.24) is 5.32 Å². The summed E-state index contributed by atoms with van der Waals surface area (Å²) in [6.07, 6.45) is -1.32. The highest BCUT2D eigenvalue weighted by atomic mass is 28.4. The van der Waals surface area contributed by atoms with E-state index in [0.717, 1.165) is 12.1 Å². The summed E-state index contributed by atoms with van der Waals surface area (Å²) < 4.78 is 50.8. The van der Waals surface area contributed by atoms with Gasteiger partial charge in [-0.25, -0.2) is 4.79 Å². The second kappa shape index (κ2) is 10.4. The lowest BCUT2D eigenvalue weighted by atomic mass is 9.90. The zero-order chi connectivity index (χ0) is 25.0. The number of alkyl carbamates (subject to hydrolysis) is 1. The van der Waals surface area contributed by atoms with Gasteiger partial charge in [-0.3, -0.25) is 0 Å². The molecule has 1 rings (SSSR count). The third-order valence-corrected chi connectivity index (χ3v) is 10.1. The molecule has 0 radical (unpaired) electrons. The van der Waals surface area contributed by atoms with Crippen molar-refractivity contribution in [3.63, 3.8) is 0 Å². The molecule has 0 unspecified atom stereocenters. The van der Waals surface area contributed by atoms with Crippen LogP contribution in [0.2, 0.25) is 18.1 Å². The highest BCUT2D eigenvalue weighted by Gasteiger charge is 2.39. The van der Waals surface area contributed by atoms with Gasteiger partial charge in [0, 0.05) is 5.92 Å². The van der Waals surface area contributed by atoms with E-state index in [9.17, 15) is 18.0 Å². The molecule has 0 bridgehead atoms. The zero-order valence-corrected chi connectivity index (χ0v) is 21.7. The largest absolute Gasteiger partial charge is 0.444 e. The topological polar surface area (TPSA) is 47.6 Å². The summed E-state index contributed by atoms with van der Waals surface area (Å²) in [5, 5.41) is 2.85. The lowest BCUT2D eigenvalue weighted by Gasteiger charge is -2.38. The minimum Gasteiger partial charge on any atom is -0.444 e. The molecule has 0 spiro atoms. The number of nitrogens with one attached hydrogen (secondary N) is 1. The number of carbonyl (C=O) groups excluding carboxylic acids is 1. The maximum absolute atomic E-state index is 13.0. The van der Waals surface area contributed by atoms with E-state index in [1.165, 1.54) is 12.1 Å². The van der Waals surface area contributed by atoms with E-state index in [2.05, 4.69) is 39.2 Å². The smallest absolute Gasteiger partial charge is 0.416 e. The molecule has 0 aromatic heterocycles. The van der Waals surface area contributed by atoms with Gasteiger partial charge in [0.25, 0.3) is 0 Å². The van der Waals surface area contributed by atoms with Gasteiger partial charge in [-0.2, -0.15) is 13.2 Å². The molecule has 32 heavy (non-hydrogen) atoms. The molecule has 0 aliphatic carbocycles. The molecule has 1 amide bonds. The third-order valence-electron chi connectivity index (χ3n) is 5.59. The Kier molecular flexibility index (Phi) is 9.19. The Morgan fingerprint density at radius 3 is 2.00 bits per heavy atom. The first-order chi connectivity index (χ1) is 14.4. The Morgan fingerprint density at radius 2 is 1.59 bits per heavy atom. The second-order valence-electron chi connectivity index (χ2n) is 10.5. The Labute approximate surface area is 191 Å². The van der Waals surface area contributed by atoms with E-state index < -0.39 is 37.8 Å². The number of halogens is 3. The maximum atomic E-state index is 13.0. The summed E-state index contributed by atoms with van der Waals surface area (Å²) >= 11 is 0. The molecule has 1 aromatic rings. The van der Waals surface area contributed by atoms with Gasteiger partial charge in [-0.05, 0) is 63.5 Å². The van der Waals surface area contributed by atoms with E-state index in [1.807, 2.05) is 19.1 Å². The van der Waals surface area contributed by atoms with Crippen molar-refractivity contribution < 1.29 is 27.1 Å². The highest BCUT2D eigenvalue weighted by molar-refractivity contribution is 6.74. The number of hydrogen-bond donors (Lipinski definition) is 1. The van der Waals surface area contributed by atoms with Crippen molar-refractivity contribution in [3.05, 3.63) is 47.5 Å². The maximum Gasteiger partial charge on any atom is 0.416 e. The van der Waals surface area contributed by atoms with Crippen LogP contribution in [-0.2, 0) is 15.3 Å². The van der Waals surface area contributed by atoms with Gasteiger partial charge >= 0.3 is 12.3 Å². The van der Waals surface area contributed by atoms with Crippen molar-refractivity contribution in [2.45, 2.75) is 90.3 Å². The van der Waals surface area contributed by atoms with Crippen molar-refractivity contribution in [1.29, 1.82) is 0 Å². The average Bonchev–Trinajstić information content (AvgIpc) is 2.60.